The van der Waals surface area contributed by atoms with Crippen LogP contribution in [0.5, 0.6) is 5.75 Å². The first kappa shape index (κ1) is 17.6. The summed E-state index contributed by atoms with van der Waals surface area (Å²) < 4.78 is 7.31. The molecule has 0 saturated carbocycles. The molecule has 2 rings (SSSR count). The molecular weight excluding hydrogens is 384 g/mol. The second kappa shape index (κ2) is 7.19. The molecular formula is C16H16BrClN2O3. The fraction of sp³-hybridized carbons (Fsp3) is 0.250. The number of carbonyl (C=O) groups is 1. The zero-order valence-corrected chi connectivity index (χ0v) is 15.2. The van der Waals surface area contributed by atoms with Gasteiger partial charge in [-0.15, -0.1) is 0 Å². The number of nitrogens with one attached hydrogen (secondary N) is 1. The first-order valence-electron chi connectivity index (χ1n) is 6.86. The monoisotopic (exact) mass is 398 g/mol. The summed E-state index contributed by atoms with van der Waals surface area (Å²) in [5.41, 5.74) is 0.796. The number of pyridine rings is 1. The predicted molar refractivity (Wildman–Crippen MR) is 94.5 cm³/mol. The van der Waals surface area contributed by atoms with Gasteiger partial charge in [-0.05, 0) is 54.0 Å². The van der Waals surface area contributed by atoms with Crippen molar-refractivity contribution in [2.45, 2.75) is 19.9 Å². The topological polar surface area (TPSA) is 60.3 Å². The summed E-state index contributed by atoms with van der Waals surface area (Å²) >= 11 is 9.29. The quantitative estimate of drug-likeness (QED) is 0.851. The molecule has 1 unspecified atom stereocenters. The van der Waals surface area contributed by atoms with Gasteiger partial charge < -0.3 is 14.6 Å². The number of halogens is 2. The Bertz CT molecular complexity index is 804. The molecule has 1 amide bonds. The molecule has 1 aromatic heterocycles. The smallest absolute Gasteiger partial charge is 0.254 e. The van der Waals surface area contributed by atoms with E-state index in [-0.39, 0.29) is 11.5 Å². The maximum absolute atomic E-state index is 12.5. The summed E-state index contributed by atoms with van der Waals surface area (Å²) in [7, 11) is 1.50. The fourth-order valence-corrected chi connectivity index (χ4v) is 2.87. The first-order valence-corrected chi connectivity index (χ1v) is 8.03. The van der Waals surface area contributed by atoms with Crippen LogP contribution in [-0.4, -0.2) is 17.6 Å². The second-order valence-corrected chi connectivity index (χ2v) is 6.42. The Morgan fingerprint density at radius 3 is 2.74 bits per heavy atom. The maximum Gasteiger partial charge on any atom is 0.254 e. The number of aromatic nitrogens is 1. The molecule has 5 nitrogen and oxygen atoms in total. The molecule has 0 aliphatic rings. The number of hydrogen-bond donors (Lipinski definition) is 1. The molecule has 1 atom stereocenters. The van der Waals surface area contributed by atoms with Gasteiger partial charge in [-0.3, -0.25) is 9.59 Å². The summed E-state index contributed by atoms with van der Waals surface area (Å²) in [5.74, 6) is 0.151. The fourth-order valence-electron chi connectivity index (χ4n) is 2.13. The molecule has 1 N–H and O–H groups in total. The number of nitrogens with zero attached hydrogens (tertiary/aromatic N) is 1. The lowest BCUT2D eigenvalue weighted by molar-refractivity contribution is -0.118. The van der Waals surface area contributed by atoms with Crippen molar-refractivity contribution < 1.29 is 9.53 Å². The minimum Gasteiger partial charge on any atom is -0.495 e. The van der Waals surface area contributed by atoms with Crippen LogP contribution in [-0.2, 0) is 4.79 Å². The van der Waals surface area contributed by atoms with Gasteiger partial charge in [0.25, 0.3) is 5.56 Å². The van der Waals surface area contributed by atoms with Crippen LogP contribution in [0, 0.1) is 6.92 Å². The molecule has 23 heavy (non-hydrogen) atoms. The Hall–Kier alpha value is -1.79. The van der Waals surface area contributed by atoms with Gasteiger partial charge in [-0.25, -0.2) is 0 Å². The van der Waals surface area contributed by atoms with Gasteiger partial charge in [0.05, 0.1) is 12.8 Å². The third-order valence-corrected chi connectivity index (χ3v) is 4.07. The van der Waals surface area contributed by atoms with E-state index < -0.39 is 6.04 Å². The maximum atomic E-state index is 12.5. The Morgan fingerprint density at radius 1 is 1.39 bits per heavy atom. The van der Waals surface area contributed by atoms with Gasteiger partial charge in [0.1, 0.15) is 11.8 Å². The lowest BCUT2D eigenvalue weighted by Crippen LogP contribution is -2.32. The standard InChI is InChI=1S/C16H16BrClN2O3/c1-9-6-11(17)8-20(16(9)22)10(2)15(21)19-13-7-12(18)4-5-14(13)23-3/h4-8,10H,1-3H3,(H,19,21). The highest BCUT2D eigenvalue weighted by Crippen LogP contribution is 2.28. The number of rotatable bonds is 4. The van der Waals surface area contributed by atoms with E-state index in [2.05, 4.69) is 21.2 Å². The number of methoxy groups -OCH3 is 1. The highest BCUT2D eigenvalue weighted by Gasteiger charge is 2.19. The number of carbonyl (C=O) groups excluding carboxylic acids is 1. The zero-order valence-electron chi connectivity index (χ0n) is 12.9. The summed E-state index contributed by atoms with van der Waals surface area (Å²) in [6.45, 7) is 3.36. The lowest BCUT2D eigenvalue weighted by atomic mass is 10.2. The Labute approximate surface area is 147 Å². The van der Waals surface area contributed by atoms with Crippen LogP contribution in [0.3, 0.4) is 0 Å². The molecule has 0 fully saturated rings. The average Bonchev–Trinajstić information content (AvgIpc) is 2.50. The van der Waals surface area contributed by atoms with Crippen molar-refractivity contribution in [1.82, 2.24) is 4.57 Å². The SMILES string of the molecule is COc1ccc(Cl)cc1NC(=O)C(C)n1cc(Br)cc(C)c1=O. The van der Waals surface area contributed by atoms with E-state index in [1.54, 1.807) is 44.3 Å². The number of benzene rings is 1. The minimum absolute atomic E-state index is 0.214. The molecule has 2 aromatic rings. The summed E-state index contributed by atoms with van der Waals surface area (Å²) in [6, 6.07) is 5.95. The van der Waals surface area contributed by atoms with Gasteiger partial charge in [0, 0.05) is 21.3 Å². The molecule has 0 spiro atoms. The molecule has 0 bridgehead atoms. The average molecular weight is 400 g/mol. The summed E-state index contributed by atoms with van der Waals surface area (Å²) in [6.07, 6.45) is 1.59. The van der Waals surface area contributed by atoms with Crippen LogP contribution >= 0.6 is 27.5 Å². The van der Waals surface area contributed by atoms with E-state index in [0.717, 1.165) is 4.47 Å². The van der Waals surface area contributed by atoms with Crippen molar-refractivity contribution in [1.29, 1.82) is 0 Å². The van der Waals surface area contributed by atoms with Gasteiger partial charge in [0.2, 0.25) is 5.91 Å². The van der Waals surface area contributed by atoms with Crippen molar-refractivity contribution >= 4 is 39.1 Å². The van der Waals surface area contributed by atoms with Crippen LogP contribution in [0.4, 0.5) is 5.69 Å². The van der Waals surface area contributed by atoms with Gasteiger partial charge in [-0.1, -0.05) is 11.6 Å². The third kappa shape index (κ3) is 3.95. The lowest BCUT2D eigenvalue weighted by Gasteiger charge is -2.17. The minimum atomic E-state index is -0.692. The van der Waals surface area contributed by atoms with Gasteiger partial charge in [-0.2, -0.15) is 0 Å². The molecule has 0 radical (unpaired) electrons. The van der Waals surface area contributed by atoms with Crippen molar-refractivity contribution in [3.05, 3.63) is 55.9 Å². The Kier molecular flexibility index (Phi) is 5.49. The summed E-state index contributed by atoms with van der Waals surface area (Å²) in [5, 5.41) is 3.22. The van der Waals surface area contributed by atoms with E-state index in [9.17, 15) is 9.59 Å². The predicted octanol–water partition coefficient (Wildman–Crippen LogP) is 3.78. The zero-order chi connectivity index (χ0) is 17.1. The molecule has 122 valence electrons. The van der Waals surface area contributed by atoms with Crippen LogP contribution in [0.15, 0.2) is 39.7 Å². The molecule has 1 aromatic carbocycles. The van der Waals surface area contributed by atoms with Crippen molar-refractivity contribution in [2.75, 3.05) is 12.4 Å². The summed E-state index contributed by atoms with van der Waals surface area (Å²) in [4.78, 5) is 24.7. The highest BCUT2D eigenvalue weighted by atomic mass is 79.9. The van der Waals surface area contributed by atoms with Gasteiger partial charge >= 0.3 is 0 Å². The highest BCUT2D eigenvalue weighted by molar-refractivity contribution is 9.10. The Balaban J connectivity index is 2.31. The molecule has 1 heterocycles. The Morgan fingerprint density at radius 2 is 2.09 bits per heavy atom. The normalized spacial score (nSPS) is 11.9. The van der Waals surface area contributed by atoms with E-state index in [4.69, 9.17) is 16.3 Å². The molecule has 0 saturated heterocycles. The van der Waals surface area contributed by atoms with Crippen LogP contribution < -0.4 is 15.6 Å². The number of amides is 1. The van der Waals surface area contributed by atoms with Crippen LogP contribution in [0.2, 0.25) is 5.02 Å². The molecule has 0 aliphatic carbocycles. The second-order valence-electron chi connectivity index (χ2n) is 5.06. The van der Waals surface area contributed by atoms with Crippen molar-refractivity contribution in [2.24, 2.45) is 0 Å². The number of aryl methyl sites for hydroxylation is 1. The van der Waals surface area contributed by atoms with E-state index in [1.165, 1.54) is 11.7 Å². The largest absolute Gasteiger partial charge is 0.495 e. The van der Waals surface area contributed by atoms with Crippen LogP contribution in [0.1, 0.15) is 18.5 Å². The van der Waals surface area contributed by atoms with Crippen molar-refractivity contribution in [3.8, 4) is 5.75 Å². The van der Waals surface area contributed by atoms with Crippen LogP contribution in [0.25, 0.3) is 0 Å². The van der Waals surface area contributed by atoms with E-state index in [1.807, 2.05) is 0 Å². The first-order chi connectivity index (χ1) is 10.8. The number of anilines is 1. The van der Waals surface area contributed by atoms with Crippen molar-refractivity contribution in [3.63, 3.8) is 0 Å². The van der Waals surface area contributed by atoms with E-state index >= 15 is 0 Å². The molecule has 0 aliphatic heterocycles. The third-order valence-electron chi connectivity index (χ3n) is 3.40. The number of hydrogen-bond acceptors (Lipinski definition) is 3. The van der Waals surface area contributed by atoms with E-state index in [0.29, 0.717) is 22.0 Å². The number of ether oxygens (including phenoxy) is 1. The molecule has 7 heteroatoms. The van der Waals surface area contributed by atoms with Gasteiger partial charge in [0.15, 0.2) is 0 Å².